The summed E-state index contributed by atoms with van der Waals surface area (Å²) in [5, 5.41) is 0. The van der Waals surface area contributed by atoms with Crippen LogP contribution in [0.4, 0.5) is 15.9 Å². The first-order valence-electron chi connectivity index (χ1n) is 9.60. The normalized spacial score (nSPS) is 10.8. The summed E-state index contributed by atoms with van der Waals surface area (Å²) in [6, 6.07) is 13.5. The van der Waals surface area contributed by atoms with Crippen LogP contribution in [0.1, 0.15) is 30.1 Å². The second-order valence-corrected chi connectivity index (χ2v) is 6.92. The lowest BCUT2D eigenvalue weighted by atomic mass is 10.0. The van der Waals surface area contributed by atoms with Crippen LogP contribution >= 0.6 is 0 Å². The fourth-order valence-electron chi connectivity index (χ4n) is 3.22. The molecule has 0 saturated heterocycles. The van der Waals surface area contributed by atoms with Crippen LogP contribution in [0.2, 0.25) is 0 Å². The van der Waals surface area contributed by atoms with Crippen LogP contribution in [0.25, 0.3) is 11.1 Å². The number of nitrogens with one attached hydrogen (secondary N) is 1. The zero-order chi connectivity index (χ0) is 21.8. The average Bonchev–Trinajstić information content (AvgIpc) is 2.73. The number of aromatic amines is 1. The van der Waals surface area contributed by atoms with E-state index in [1.54, 1.807) is 6.07 Å². The van der Waals surface area contributed by atoms with Crippen molar-refractivity contribution in [2.75, 3.05) is 17.7 Å². The van der Waals surface area contributed by atoms with Crippen molar-refractivity contribution in [3.8, 4) is 11.1 Å². The Labute approximate surface area is 172 Å². The summed E-state index contributed by atoms with van der Waals surface area (Å²) >= 11 is 0. The van der Waals surface area contributed by atoms with Gasteiger partial charge in [0.2, 0.25) is 0 Å². The number of H-pyrrole nitrogens is 1. The number of hydrogen-bond donors (Lipinski definition) is 2. The number of carbonyl (C=O) groups is 1. The summed E-state index contributed by atoms with van der Waals surface area (Å²) in [7, 11) is 1.32. The molecule has 0 aliphatic carbocycles. The molecule has 1 heterocycles. The molecule has 0 fully saturated rings. The van der Waals surface area contributed by atoms with Crippen molar-refractivity contribution < 1.29 is 9.18 Å². The molecule has 3 N–H and O–H groups in total. The van der Waals surface area contributed by atoms with Crippen molar-refractivity contribution in [1.29, 1.82) is 0 Å². The van der Waals surface area contributed by atoms with Gasteiger partial charge in [0.15, 0.2) is 5.69 Å². The van der Waals surface area contributed by atoms with Crippen molar-refractivity contribution in [2.24, 2.45) is 0 Å². The predicted molar refractivity (Wildman–Crippen MR) is 115 cm³/mol. The molecular weight excluding hydrogens is 387 g/mol. The highest BCUT2D eigenvalue weighted by molar-refractivity contribution is 6.07. The first-order valence-corrected chi connectivity index (χ1v) is 9.60. The van der Waals surface area contributed by atoms with Gasteiger partial charge in [-0.1, -0.05) is 49.7 Å². The van der Waals surface area contributed by atoms with Crippen LogP contribution in [-0.4, -0.2) is 22.5 Å². The second-order valence-electron chi connectivity index (χ2n) is 6.92. The highest BCUT2D eigenvalue weighted by atomic mass is 19.1. The van der Waals surface area contributed by atoms with E-state index in [1.807, 2.05) is 37.3 Å². The Morgan fingerprint density at radius 1 is 1.13 bits per heavy atom. The van der Waals surface area contributed by atoms with Gasteiger partial charge in [0.05, 0.1) is 5.56 Å². The van der Waals surface area contributed by atoms with E-state index in [0.29, 0.717) is 18.5 Å². The summed E-state index contributed by atoms with van der Waals surface area (Å²) in [4.78, 5) is 40.5. The topological polar surface area (TPSA) is 101 Å². The lowest BCUT2D eigenvalue weighted by Crippen LogP contribution is -2.39. The minimum atomic E-state index is -0.803. The van der Waals surface area contributed by atoms with E-state index >= 15 is 0 Å². The zero-order valence-electron chi connectivity index (χ0n) is 16.8. The van der Waals surface area contributed by atoms with Crippen LogP contribution in [0.5, 0.6) is 0 Å². The van der Waals surface area contributed by atoms with E-state index in [1.165, 1.54) is 23.7 Å². The Hall–Kier alpha value is -3.68. The van der Waals surface area contributed by atoms with Gasteiger partial charge in [0, 0.05) is 13.6 Å². The first-order chi connectivity index (χ1) is 14.3. The number of nitrogens with zero attached hydrogens (tertiary/aromatic N) is 2. The van der Waals surface area contributed by atoms with Crippen LogP contribution in [0, 0.1) is 5.82 Å². The molecule has 0 radical (unpaired) electrons. The van der Waals surface area contributed by atoms with E-state index < -0.39 is 23.0 Å². The Bertz CT molecular complexity index is 1190. The summed E-state index contributed by atoms with van der Waals surface area (Å²) < 4.78 is 16.0. The Morgan fingerprint density at radius 2 is 1.83 bits per heavy atom. The molecule has 7 nitrogen and oxygen atoms in total. The lowest BCUT2D eigenvalue weighted by molar-refractivity contribution is 0.0989. The van der Waals surface area contributed by atoms with Crippen molar-refractivity contribution in [3.05, 3.63) is 80.7 Å². The van der Waals surface area contributed by atoms with Crippen molar-refractivity contribution in [3.63, 3.8) is 0 Å². The van der Waals surface area contributed by atoms with E-state index in [2.05, 4.69) is 4.98 Å². The van der Waals surface area contributed by atoms with Gasteiger partial charge in [-0.25, -0.2) is 9.18 Å². The fraction of sp³-hybridized carbons (Fsp3) is 0.227. The number of hydrogen-bond acceptors (Lipinski definition) is 4. The maximum Gasteiger partial charge on any atom is 0.330 e. The number of nitrogen functional groups attached to an aromatic ring is 1. The second kappa shape index (κ2) is 8.77. The number of carbonyl (C=O) groups excluding carboxylic acids is 1. The SMILES string of the molecule is CCCCn1c(N)c(N(C)C(=O)c2ccc(-c3ccccc3)cc2F)c(=O)[nH]c1=O. The number of anilines is 2. The standard InChI is InChI=1S/C22H23FN4O3/c1-3-4-12-27-19(24)18(20(28)25-22(27)30)26(2)21(29)16-11-10-15(13-17(16)23)14-8-6-5-7-9-14/h5-11,13H,3-4,12,24H2,1-2H3,(H,25,28,30). The monoisotopic (exact) mass is 410 g/mol. The van der Waals surface area contributed by atoms with Crippen LogP contribution in [-0.2, 0) is 6.54 Å². The molecule has 1 aromatic heterocycles. The minimum absolute atomic E-state index is 0.130. The third kappa shape index (κ3) is 4.03. The molecule has 8 heteroatoms. The number of halogens is 1. The van der Waals surface area contributed by atoms with Gasteiger partial charge < -0.3 is 10.6 Å². The maximum atomic E-state index is 14.8. The number of benzene rings is 2. The minimum Gasteiger partial charge on any atom is -0.383 e. The van der Waals surface area contributed by atoms with Crippen LogP contribution in [0.3, 0.4) is 0 Å². The summed E-state index contributed by atoms with van der Waals surface area (Å²) in [5.41, 5.74) is 5.63. The van der Waals surface area contributed by atoms with Gasteiger partial charge in [0.1, 0.15) is 11.6 Å². The zero-order valence-corrected chi connectivity index (χ0v) is 16.8. The molecule has 30 heavy (non-hydrogen) atoms. The number of rotatable bonds is 6. The molecule has 3 aromatic rings. The highest BCUT2D eigenvalue weighted by Crippen LogP contribution is 2.24. The molecule has 0 atom stereocenters. The van der Waals surface area contributed by atoms with Gasteiger partial charge in [-0.3, -0.25) is 19.1 Å². The van der Waals surface area contributed by atoms with Gasteiger partial charge >= 0.3 is 5.69 Å². The molecule has 0 saturated carbocycles. The number of amides is 1. The van der Waals surface area contributed by atoms with E-state index in [9.17, 15) is 18.8 Å². The summed E-state index contributed by atoms with van der Waals surface area (Å²) in [6.45, 7) is 2.25. The molecule has 3 rings (SSSR count). The average molecular weight is 410 g/mol. The van der Waals surface area contributed by atoms with Gasteiger partial charge in [-0.15, -0.1) is 0 Å². The molecule has 0 spiro atoms. The van der Waals surface area contributed by atoms with Crippen LogP contribution < -0.4 is 21.9 Å². The first kappa shape index (κ1) is 21.0. The van der Waals surface area contributed by atoms with Crippen molar-refractivity contribution >= 4 is 17.4 Å². The summed E-state index contributed by atoms with van der Waals surface area (Å²) in [6.07, 6.45) is 1.48. The molecule has 0 unspecified atom stereocenters. The van der Waals surface area contributed by atoms with E-state index in [-0.39, 0.29) is 17.1 Å². The number of nitrogens with two attached hydrogens (primary N) is 1. The van der Waals surface area contributed by atoms with Gasteiger partial charge in [-0.05, 0) is 29.7 Å². The Morgan fingerprint density at radius 3 is 2.47 bits per heavy atom. The van der Waals surface area contributed by atoms with Crippen molar-refractivity contribution in [2.45, 2.75) is 26.3 Å². The molecule has 0 aliphatic heterocycles. The van der Waals surface area contributed by atoms with Gasteiger partial charge in [0.25, 0.3) is 11.5 Å². The van der Waals surface area contributed by atoms with Crippen LogP contribution in [0.15, 0.2) is 58.1 Å². The molecule has 156 valence electrons. The molecule has 2 aromatic carbocycles. The molecule has 0 aliphatic rings. The summed E-state index contributed by atoms with van der Waals surface area (Å²) in [5.74, 6) is -1.60. The largest absolute Gasteiger partial charge is 0.383 e. The third-order valence-electron chi connectivity index (χ3n) is 4.90. The third-order valence-corrected chi connectivity index (χ3v) is 4.90. The Balaban J connectivity index is 1.98. The highest BCUT2D eigenvalue weighted by Gasteiger charge is 2.24. The van der Waals surface area contributed by atoms with E-state index in [0.717, 1.165) is 16.9 Å². The predicted octanol–water partition coefficient (Wildman–Crippen LogP) is 3.00. The molecule has 0 bridgehead atoms. The molecule has 1 amide bonds. The Kier molecular flexibility index (Phi) is 6.15. The number of aromatic nitrogens is 2. The van der Waals surface area contributed by atoms with Crippen molar-refractivity contribution in [1.82, 2.24) is 9.55 Å². The maximum absolute atomic E-state index is 14.8. The lowest BCUT2D eigenvalue weighted by Gasteiger charge is -2.20. The fourth-order valence-corrected chi connectivity index (χ4v) is 3.22. The number of unbranched alkanes of at least 4 members (excludes halogenated alkanes) is 1. The quantitative estimate of drug-likeness (QED) is 0.652. The van der Waals surface area contributed by atoms with E-state index in [4.69, 9.17) is 5.73 Å². The smallest absolute Gasteiger partial charge is 0.330 e. The van der Waals surface area contributed by atoms with Gasteiger partial charge in [-0.2, -0.15) is 0 Å². The molecular formula is C22H23FN4O3.